The first-order valence-corrected chi connectivity index (χ1v) is 9.84. The number of benzene rings is 3. The number of carboxylic acids is 2. The van der Waals surface area contributed by atoms with Crippen molar-refractivity contribution in [1.29, 1.82) is 0 Å². The maximum Gasteiger partial charge on any atom is 0.0722 e. The Morgan fingerprint density at radius 3 is 1.31 bits per heavy atom. The van der Waals surface area contributed by atoms with Gasteiger partial charge in [0.05, 0.1) is 34.4 Å². The van der Waals surface area contributed by atoms with Crippen LogP contribution in [0.5, 0.6) is 0 Å². The minimum absolute atomic E-state index is 0.0736. The van der Waals surface area contributed by atoms with Gasteiger partial charge in [-0.1, -0.05) is 60.7 Å². The van der Waals surface area contributed by atoms with Crippen LogP contribution >= 0.6 is 0 Å². The molecule has 32 heavy (non-hydrogen) atoms. The number of hydrogen-bond acceptors (Lipinski definition) is 6. The van der Waals surface area contributed by atoms with Crippen LogP contribution in [0.4, 0.5) is 0 Å². The molecule has 0 aliphatic carbocycles. The Labute approximate surface area is 182 Å². The molecule has 0 spiro atoms. The van der Waals surface area contributed by atoms with Gasteiger partial charge in [0.2, 0.25) is 0 Å². The normalized spacial score (nSPS) is 11.0. The van der Waals surface area contributed by atoms with Crippen molar-refractivity contribution in [3.05, 3.63) is 96.1 Å². The van der Waals surface area contributed by atoms with Crippen molar-refractivity contribution < 1.29 is 19.8 Å². The summed E-state index contributed by atoms with van der Waals surface area (Å²) in [5.41, 5.74) is 3.68. The van der Waals surface area contributed by atoms with Gasteiger partial charge in [-0.25, -0.2) is 9.97 Å². The summed E-state index contributed by atoms with van der Waals surface area (Å²) in [5, 5.41) is 24.3. The summed E-state index contributed by atoms with van der Waals surface area (Å²) in [5.74, 6) is -2.53. The number of aromatic nitrogens is 2. The van der Waals surface area contributed by atoms with Gasteiger partial charge in [0.15, 0.2) is 0 Å². The number of carbonyl (C=O) groups is 2. The van der Waals surface area contributed by atoms with Crippen molar-refractivity contribution in [2.24, 2.45) is 0 Å². The average Bonchev–Trinajstić information content (AvgIpc) is 2.82. The summed E-state index contributed by atoms with van der Waals surface area (Å²) in [4.78, 5) is 32.4. The third kappa shape index (κ3) is 3.33. The van der Waals surface area contributed by atoms with Crippen LogP contribution in [0.15, 0.2) is 84.9 Å². The lowest BCUT2D eigenvalue weighted by Gasteiger charge is -2.12. The zero-order valence-electron chi connectivity index (χ0n) is 16.6. The lowest BCUT2D eigenvalue weighted by Crippen LogP contribution is -2.22. The van der Waals surface area contributed by atoms with E-state index in [1.807, 2.05) is 0 Å². The highest BCUT2D eigenvalue weighted by molar-refractivity contribution is 6.03. The molecule has 0 fully saturated rings. The predicted molar refractivity (Wildman–Crippen MR) is 117 cm³/mol. The van der Waals surface area contributed by atoms with Gasteiger partial charge in [0.1, 0.15) is 0 Å². The van der Waals surface area contributed by atoms with Crippen molar-refractivity contribution in [3.63, 3.8) is 0 Å². The topological polar surface area (TPSA) is 106 Å². The fraction of sp³-hybridized carbons (Fsp3) is 0. The van der Waals surface area contributed by atoms with E-state index in [0.29, 0.717) is 44.3 Å². The van der Waals surface area contributed by atoms with E-state index in [4.69, 9.17) is 0 Å². The molecule has 0 aliphatic heterocycles. The fourth-order valence-electron chi connectivity index (χ4n) is 3.80. The molecule has 0 amide bonds. The zero-order chi connectivity index (χ0) is 22.2. The predicted octanol–water partition coefficient (Wildman–Crippen LogP) is 2.84. The second kappa shape index (κ2) is 7.59. The van der Waals surface area contributed by atoms with E-state index in [0.717, 1.165) is 0 Å². The molecule has 0 N–H and O–H groups in total. The monoisotopic (exact) mass is 418 g/mol. The number of hydrogen-bond donors (Lipinski definition) is 0. The molecule has 0 saturated heterocycles. The van der Waals surface area contributed by atoms with E-state index in [9.17, 15) is 19.8 Å². The fourth-order valence-corrected chi connectivity index (χ4v) is 3.80. The van der Waals surface area contributed by atoms with E-state index in [1.54, 1.807) is 72.8 Å². The van der Waals surface area contributed by atoms with Crippen molar-refractivity contribution in [2.45, 2.75) is 0 Å². The Morgan fingerprint density at radius 2 is 0.938 bits per heavy atom. The van der Waals surface area contributed by atoms with E-state index in [1.165, 1.54) is 12.1 Å². The quantitative estimate of drug-likeness (QED) is 0.444. The Hall–Kier alpha value is -4.58. The highest BCUT2D eigenvalue weighted by Crippen LogP contribution is 2.28. The molecule has 2 heterocycles. The maximum absolute atomic E-state index is 11.6. The smallest absolute Gasteiger partial charge is 0.0722 e. The number of fused-ring (bicyclic) bond motifs is 2. The summed E-state index contributed by atoms with van der Waals surface area (Å²) in [6.45, 7) is 0. The number of pyridine rings is 2. The number of rotatable bonds is 4. The minimum atomic E-state index is -1.27. The van der Waals surface area contributed by atoms with Crippen molar-refractivity contribution in [2.75, 3.05) is 0 Å². The first-order valence-electron chi connectivity index (χ1n) is 9.84. The van der Waals surface area contributed by atoms with E-state index < -0.39 is 11.9 Å². The summed E-state index contributed by atoms with van der Waals surface area (Å²) in [6.07, 6.45) is 0. The third-order valence-electron chi connectivity index (χ3n) is 5.35. The van der Waals surface area contributed by atoms with Gasteiger partial charge in [-0.3, -0.25) is 0 Å². The van der Waals surface area contributed by atoms with Gasteiger partial charge in [-0.2, -0.15) is 0 Å². The average molecular weight is 418 g/mol. The van der Waals surface area contributed by atoms with Gasteiger partial charge in [0.25, 0.3) is 0 Å². The molecule has 0 radical (unpaired) electrons. The van der Waals surface area contributed by atoms with Gasteiger partial charge >= 0.3 is 0 Å². The van der Waals surface area contributed by atoms with Crippen LogP contribution in [-0.2, 0) is 0 Å². The summed E-state index contributed by atoms with van der Waals surface area (Å²) in [7, 11) is 0. The molecule has 154 valence electrons. The standard InChI is InChI=1S/C26H16N2O4/c29-25(30)19-13-23(27-21-7-3-1-5-17(19)21)15-9-11-16(12-10-15)24-14-20(26(31)32)18-6-2-4-8-22(18)28-24/h1-14H,(H,29,30)(H,31,32)/p-2. The number of nitrogens with zero attached hydrogens (tertiary/aromatic N) is 2. The lowest BCUT2D eigenvalue weighted by atomic mass is 10.0. The Morgan fingerprint density at radius 1 is 0.562 bits per heavy atom. The molecule has 6 heteroatoms. The number of aromatic carboxylic acids is 2. The number of carboxylic acid groups (broad SMARTS) is 2. The minimum Gasteiger partial charge on any atom is -0.545 e. The van der Waals surface area contributed by atoms with Crippen LogP contribution in [0.25, 0.3) is 44.3 Å². The Bertz CT molecular complexity index is 1410. The first kappa shape index (κ1) is 19.4. The van der Waals surface area contributed by atoms with Gasteiger partial charge in [-0.05, 0) is 24.3 Å². The van der Waals surface area contributed by atoms with Gasteiger partial charge in [-0.15, -0.1) is 0 Å². The Kier molecular flexibility index (Phi) is 4.60. The molecule has 2 aromatic heterocycles. The largest absolute Gasteiger partial charge is 0.545 e. The molecule has 6 nitrogen and oxygen atoms in total. The van der Waals surface area contributed by atoms with E-state index >= 15 is 0 Å². The lowest BCUT2D eigenvalue weighted by molar-refractivity contribution is -0.255. The van der Waals surface area contributed by atoms with Crippen molar-refractivity contribution in [1.82, 2.24) is 9.97 Å². The molecule has 3 aromatic carbocycles. The summed E-state index contributed by atoms with van der Waals surface area (Å²) >= 11 is 0. The van der Waals surface area contributed by atoms with E-state index in [2.05, 4.69) is 9.97 Å². The van der Waals surface area contributed by atoms with Crippen LogP contribution in [0.2, 0.25) is 0 Å². The van der Waals surface area contributed by atoms with Crippen LogP contribution in [0.3, 0.4) is 0 Å². The molecule has 0 unspecified atom stereocenters. The molecule has 0 atom stereocenters. The van der Waals surface area contributed by atoms with Crippen LogP contribution < -0.4 is 10.2 Å². The van der Waals surface area contributed by atoms with Gasteiger partial charge < -0.3 is 19.8 Å². The first-order chi connectivity index (χ1) is 15.5. The molecule has 5 rings (SSSR count). The van der Waals surface area contributed by atoms with Crippen LogP contribution in [0.1, 0.15) is 20.7 Å². The SMILES string of the molecule is O=C([O-])c1cc(-c2ccc(-c3cc(C(=O)[O-])c4ccccc4n3)cc2)nc2ccccc12. The van der Waals surface area contributed by atoms with E-state index in [-0.39, 0.29) is 11.1 Å². The van der Waals surface area contributed by atoms with Crippen molar-refractivity contribution >= 4 is 33.7 Å². The molecule has 5 aromatic rings. The summed E-state index contributed by atoms with van der Waals surface area (Å²) in [6, 6.07) is 24.1. The second-order valence-corrected chi connectivity index (χ2v) is 7.30. The molecule has 0 aliphatic rings. The number of para-hydroxylation sites is 2. The third-order valence-corrected chi connectivity index (χ3v) is 5.35. The molecule has 0 bridgehead atoms. The molecular formula is C26H14N2O4-2. The molecule has 0 saturated carbocycles. The zero-order valence-corrected chi connectivity index (χ0v) is 16.6. The van der Waals surface area contributed by atoms with Crippen LogP contribution in [0, 0.1) is 0 Å². The van der Waals surface area contributed by atoms with Gasteiger partial charge in [0, 0.05) is 33.0 Å². The van der Waals surface area contributed by atoms with Crippen molar-refractivity contribution in [3.8, 4) is 22.5 Å². The second-order valence-electron chi connectivity index (χ2n) is 7.30. The number of carbonyl (C=O) groups excluding carboxylic acids is 2. The maximum atomic E-state index is 11.6. The Balaban J connectivity index is 1.60. The highest BCUT2D eigenvalue weighted by Gasteiger charge is 2.11. The highest BCUT2D eigenvalue weighted by atomic mass is 16.4. The van der Waals surface area contributed by atoms with Crippen LogP contribution in [-0.4, -0.2) is 21.9 Å². The molecular weight excluding hydrogens is 404 g/mol. The summed E-state index contributed by atoms with van der Waals surface area (Å²) < 4.78 is 0.